The van der Waals surface area contributed by atoms with Crippen molar-refractivity contribution in [2.75, 3.05) is 13.2 Å². The third-order valence-electron chi connectivity index (χ3n) is 5.26. The van der Waals surface area contributed by atoms with Crippen molar-refractivity contribution >= 4 is 17.6 Å². The van der Waals surface area contributed by atoms with E-state index in [2.05, 4.69) is 6.07 Å². The second kappa shape index (κ2) is 10.9. The van der Waals surface area contributed by atoms with E-state index in [0.717, 1.165) is 17.5 Å². The van der Waals surface area contributed by atoms with Crippen LogP contribution in [0.25, 0.3) is 0 Å². The summed E-state index contributed by atoms with van der Waals surface area (Å²) in [7, 11) is 0. The minimum Gasteiger partial charge on any atom is -0.494 e. The third kappa shape index (κ3) is 5.68. The zero-order valence-corrected chi connectivity index (χ0v) is 19.7. The molecule has 3 aromatic carbocycles. The molecule has 0 amide bonds. The van der Waals surface area contributed by atoms with Gasteiger partial charge >= 0.3 is 5.97 Å². The molecule has 7 nitrogen and oxygen atoms in total. The summed E-state index contributed by atoms with van der Waals surface area (Å²) < 4.78 is 22.3. The van der Waals surface area contributed by atoms with Gasteiger partial charge in [-0.05, 0) is 54.4 Å². The first-order valence-corrected chi connectivity index (χ1v) is 11.4. The summed E-state index contributed by atoms with van der Waals surface area (Å²) >= 11 is 5.85. The Morgan fingerprint density at radius 2 is 1.83 bits per heavy atom. The van der Waals surface area contributed by atoms with Crippen molar-refractivity contribution in [2.24, 2.45) is 5.73 Å². The van der Waals surface area contributed by atoms with Gasteiger partial charge in [0.2, 0.25) is 5.88 Å². The number of ether oxygens (including phenoxy) is 4. The number of nitriles is 1. The normalized spacial score (nSPS) is 14.4. The monoisotopic (exact) mass is 490 g/mol. The van der Waals surface area contributed by atoms with Crippen LogP contribution in [0.15, 0.2) is 78.2 Å². The topological polar surface area (TPSA) is 104 Å². The number of carbonyl (C=O) groups is 1. The summed E-state index contributed by atoms with van der Waals surface area (Å²) in [6, 6.07) is 21.3. The van der Waals surface area contributed by atoms with Crippen molar-refractivity contribution in [1.29, 1.82) is 5.26 Å². The molecule has 0 radical (unpaired) electrons. The molecule has 0 bridgehead atoms. The van der Waals surface area contributed by atoms with E-state index in [0.29, 0.717) is 34.5 Å². The van der Waals surface area contributed by atoms with E-state index in [9.17, 15) is 10.1 Å². The number of esters is 1. The molecule has 0 aromatic heterocycles. The number of nitrogens with two attached hydrogens (primary N) is 1. The summed E-state index contributed by atoms with van der Waals surface area (Å²) in [5.74, 6) is 0.825. The Balaban J connectivity index is 1.54. The Bertz CT molecular complexity index is 1300. The molecule has 1 atom stereocenters. The van der Waals surface area contributed by atoms with Gasteiger partial charge in [-0.2, -0.15) is 5.26 Å². The Labute approximate surface area is 208 Å². The molecule has 0 saturated carbocycles. The minimum atomic E-state index is -0.589. The highest BCUT2D eigenvalue weighted by Gasteiger charge is 2.31. The largest absolute Gasteiger partial charge is 0.494 e. The van der Waals surface area contributed by atoms with Crippen molar-refractivity contribution in [3.8, 4) is 29.1 Å². The lowest BCUT2D eigenvalue weighted by Gasteiger charge is -2.27. The average molecular weight is 491 g/mol. The lowest BCUT2D eigenvalue weighted by atomic mass is 9.83. The predicted octanol–water partition coefficient (Wildman–Crippen LogP) is 5.33. The van der Waals surface area contributed by atoms with E-state index in [1.54, 1.807) is 42.5 Å². The molecule has 35 heavy (non-hydrogen) atoms. The van der Waals surface area contributed by atoms with Crippen molar-refractivity contribution in [2.45, 2.75) is 19.3 Å². The Hall–Kier alpha value is -4.15. The predicted molar refractivity (Wildman–Crippen MR) is 131 cm³/mol. The number of fused-ring (bicyclic) bond motifs is 1. The summed E-state index contributed by atoms with van der Waals surface area (Å²) in [6.07, 6.45) is 0.882. The van der Waals surface area contributed by atoms with Crippen LogP contribution < -0.4 is 24.7 Å². The van der Waals surface area contributed by atoms with Crippen LogP contribution in [-0.2, 0) is 4.79 Å². The molecule has 2 N–H and O–H groups in total. The van der Waals surface area contributed by atoms with Gasteiger partial charge in [0.05, 0.1) is 12.5 Å². The number of allylic oxidation sites excluding steroid dienone is 1. The molecular weight excluding hydrogens is 468 g/mol. The van der Waals surface area contributed by atoms with Crippen LogP contribution in [0.2, 0.25) is 5.02 Å². The van der Waals surface area contributed by atoms with E-state index in [1.165, 1.54) is 0 Å². The first-order valence-electron chi connectivity index (χ1n) is 11.0. The fraction of sp³-hybridized carbons (Fsp3) is 0.185. The molecule has 1 unspecified atom stereocenters. The van der Waals surface area contributed by atoms with Gasteiger partial charge in [0.25, 0.3) is 0 Å². The molecule has 0 fully saturated rings. The second-order valence-corrected chi connectivity index (χ2v) is 8.20. The number of halogens is 1. The first-order chi connectivity index (χ1) is 17.0. The molecule has 1 heterocycles. The molecule has 8 heteroatoms. The zero-order chi connectivity index (χ0) is 24.8. The van der Waals surface area contributed by atoms with Gasteiger partial charge in [0, 0.05) is 16.7 Å². The number of carbonyl (C=O) groups excluding carboxylic acids is 1. The lowest BCUT2D eigenvalue weighted by molar-refractivity contribution is -0.136. The van der Waals surface area contributed by atoms with Crippen LogP contribution in [0.5, 0.6) is 23.0 Å². The van der Waals surface area contributed by atoms with Gasteiger partial charge in [-0.25, -0.2) is 4.79 Å². The van der Waals surface area contributed by atoms with E-state index in [-0.39, 0.29) is 18.2 Å². The summed E-state index contributed by atoms with van der Waals surface area (Å²) in [5.41, 5.74) is 7.95. The maximum Gasteiger partial charge on any atom is 0.349 e. The second-order valence-electron chi connectivity index (χ2n) is 7.76. The van der Waals surface area contributed by atoms with Crippen LogP contribution in [-0.4, -0.2) is 19.2 Å². The van der Waals surface area contributed by atoms with Gasteiger partial charge < -0.3 is 24.7 Å². The minimum absolute atomic E-state index is 0.000530. The van der Waals surface area contributed by atoms with Crippen LogP contribution in [0.3, 0.4) is 0 Å². The van der Waals surface area contributed by atoms with Gasteiger partial charge in [0.15, 0.2) is 6.61 Å². The van der Waals surface area contributed by atoms with Crippen LogP contribution >= 0.6 is 11.6 Å². The highest BCUT2D eigenvalue weighted by Crippen LogP contribution is 2.44. The quantitative estimate of drug-likeness (QED) is 0.336. The van der Waals surface area contributed by atoms with Crippen molar-refractivity contribution in [1.82, 2.24) is 0 Å². The van der Waals surface area contributed by atoms with E-state index in [4.69, 9.17) is 36.3 Å². The molecule has 0 spiro atoms. The van der Waals surface area contributed by atoms with Crippen molar-refractivity contribution in [3.63, 3.8) is 0 Å². The number of nitrogens with zero attached hydrogens (tertiary/aromatic N) is 1. The van der Waals surface area contributed by atoms with Crippen LogP contribution in [0, 0.1) is 11.3 Å². The number of hydrogen-bond acceptors (Lipinski definition) is 7. The smallest absolute Gasteiger partial charge is 0.349 e. The molecule has 0 saturated heterocycles. The van der Waals surface area contributed by atoms with Gasteiger partial charge in [-0.3, -0.25) is 0 Å². The standard InChI is InChI=1S/C27H23ClN2O5/c1-2-12-32-20-5-3-4-17(13-20)26-22-11-10-21(14-24(22)35-27(30)23(26)15-29)34-25(31)16-33-19-8-6-18(28)7-9-19/h3-11,13-14,26H,2,12,16,30H2,1H3. The summed E-state index contributed by atoms with van der Waals surface area (Å²) in [5, 5.41) is 10.4. The highest BCUT2D eigenvalue weighted by atomic mass is 35.5. The molecular formula is C27H23ClN2O5. The number of rotatable bonds is 8. The SMILES string of the molecule is CCCOc1cccc(C2C(C#N)=C(N)Oc3cc(OC(=O)COc4ccc(Cl)cc4)ccc32)c1. The van der Waals surface area contributed by atoms with Gasteiger partial charge in [-0.1, -0.05) is 36.7 Å². The molecule has 4 rings (SSSR count). The fourth-order valence-corrected chi connectivity index (χ4v) is 3.81. The first kappa shape index (κ1) is 24.0. The summed E-state index contributed by atoms with van der Waals surface area (Å²) in [4.78, 5) is 12.3. The Morgan fingerprint density at radius 3 is 2.57 bits per heavy atom. The lowest BCUT2D eigenvalue weighted by Crippen LogP contribution is -2.21. The molecule has 0 aliphatic carbocycles. The molecule has 1 aliphatic rings. The zero-order valence-electron chi connectivity index (χ0n) is 19.0. The Morgan fingerprint density at radius 1 is 1.06 bits per heavy atom. The van der Waals surface area contributed by atoms with Crippen molar-refractivity contribution < 1.29 is 23.7 Å². The maximum absolute atomic E-state index is 12.3. The third-order valence-corrected chi connectivity index (χ3v) is 5.51. The number of hydrogen-bond donors (Lipinski definition) is 1. The fourth-order valence-electron chi connectivity index (χ4n) is 3.68. The molecule has 178 valence electrons. The number of benzene rings is 3. The van der Waals surface area contributed by atoms with E-state index >= 15 is 0 Å². The van der Waals surface area contributed by atoms with Gasteiger partial charge in [0.1, 0.15) is 34.6 Å². The van der Waals surface area contributed by atoms with Crippen molar-refractivity contribution in [3.05, 3.63) is 94.3 Å². The average Bonchev–Trinajstić information content (AvgIpc) is 2.86. The molecule has 1 aliphatic heterocycles. The summed E-state index contributed by atoms with van der Waals surface area (Å²) in [6.45, 7) is 2.34. The Kier molecular flexibility index (Phi) is 7.44. The van der Waals surface area contributed by atoms with Crippen LogP contribution in [0.4, 0.5) is 0 Å². The van der Waals surface area contributed by atoms with E-state index in [1.807, 2.05) is 31.2 Å². The van der Waals surface area contributed by atoms with Gasteiger partial charge in [-0.15, -0.1) is 0 Å². The highest BCUT2D eigenvalue weighted by molar-refractivity contribution is 6.30. The molecule has 3 aromatic rings. The van der Waals surface area contributed by atoms with Crippen LogP contribution in [0.1, 0.15) is 30.4 Å². The van der Waals surface area contributed by atoms with E-state index < -0.39 is 11.9 Å². The maximum atomic E-state index is 12.3.